The molecule has 1 aromatic carbocycles. The van der Waals surface area contributed by atoms with Gasteiger partial charge >= 0.3 is 0 Å². The number of anilines is 1. The lowest BCUT2D eigenvalue weighted by Crippen LogP contribution is -2.28. The predicted molar refractivity (Wildman–Crippen MR) is 97.0 cm³/mol. The van der Waals surface area contributed by atoms with Crippen LogP contribution in [-0.2, 0) is 10.0 Å². The molecular weight excluding hydrogens is 344 g/mol. The number of rotatable bonds is 6. The van der Waals surface area contributed by atoms with Gasteiger partial charge in [0.15, 0.2) is 0 Å². The van der Waals surface area contributed by atoms with E-state index in [9.17, 15) is 8.42 Å². The third-order valence-electron chi connectivity index (χ3n) is 3.48. The third-order valence-corrected chi connectivity index (χ3v) is 6.43. The minimum Gasteiger partial charge on any atom is -0.368 e. The highest BCUT2D eigenvalue weighted by atomic mass is 32.2. The summed E-state index contributed by atoms with van der Waals surface area (Å²) in [5.41, 5.74) is 1.97. The van der Waals surface area contributed by atoms with Crippen LogP contribution in [0.15, 0.2) is 40.9 Å². The zero-order chi connectivity index (χ0) is 17.2. The van der Waals surface area contributed by atoms with Gasteiger partial charge in [-0.15, -0.1) is 11.3 Å². The Balaban J connectivity index is 1.64. The molecule has 2 heterocycles. The van der Waals surface area contributed by atoms with Gasteiger partial charge < -0.3 is 5.32 Å². The maximum atomic E-state index is 12.2. The minimum atomic E-state index is -3.45. The summed E-state index contributed by atoms with van der Waals surface area (Å²) in [6.07, 6.45) is 1.50. The van der Waals surface area contributed by atoms with E-state index in [2.05, 4.69) is 20.0 Å². The van der Waals surface area contributed by atoms with Crippen molar-refractivity contribution in [2.45, 2.75) is 18.1 Å². The average Bonchev–Trinajstić information content (AvgIpc) is 2.99. The van der Waals surface area contributed by atoms with E-state index in [0.717, 1.165) is 21.3 Å². The SMILES string of the molecule is Cc1ccc2ncnc(NCCNS(=O)(=O)c3ccc(C)s3)c2c1. The van der Waals surface area contributed by atoms with E-state index in [4.69, 9.17) is 0 Å². The van der Waals surface area contributed by atoms with Crippen LogP contribution in [-0.4, -0.2) is 31.5 Å². The normalized spacial score (nSPS) is 11.8. The van der Waals surface area contributed by atoms with Crippen molar-refractivity contribution >= 4 is 38.1 Å². The summed E-state index contributed by atoms with van der Waals surface area (Å²) in [6, 6.07) is 9.37. The summed E-state index contributed by atoms with van der Waals surface area (Å²) < 4.78 is 27.3. The van der Waals surface area contributed by atoms with Gasteiger partial charge in [-0.25, -0.2) is 23.1 Å². The van der Waals surface area contributed by atoms with E-state index in [-0.39, 0.29) is 6.54 Å². The predicted octanol–water partition coefficient (Wildman–Crippen LogP) is 2.70. The largest absolute Gasteiger partial charge is 0.368 e. The molecule has 0 radical (unpaired) electrons. The molecule has 0 aliphatic carbocycles. The Hall–Kier alpha value is -2.03. The van der Waals surface area contributed by atoms with E-state index in [1.54, 1.807) is 12.1 Å². The molecule has 0 atom stereocenters. The second kappa shape index (κ2) is 6.84. The van der Waals surface area contributed by atoms with Crippen LogP contribution in [0.1, 0.15) is 10.4 Å². The summed E-state index contributed by atoms with van der Waals surface area (Å²) in [7, 11) is -3.45. The Bertz CT molecular complexity index is 967. The summed E-state index contributed by atoms with van der Waals surface area (Å²) >= 11 is 1.26. The first-order chi connectivity index (χ1) is 11.5. The van der Waals surface area contributed by atoms with Crippen LogP contribution in [0.4, 0.5) is 5.82 Å². The topological polar surface area (TPSA) is 84.0 Å². The van der Waals surface area contributed by atoms with Gasteiger partial charge in [0.1, 0.15) is 16.4 Å². The number of hydrogen-bond donors (Lipinski definition) is 2. The fourth-order valence-corrected chi connectivity index (χ4v) is 4.67. The smallest absolute Gasteiger partial charge is 0.250 e. The molecule has 2 aromatic heterocycles. The van der Waals surface area contributed by atoms with Crippen molar-refractivity contribution in [3.05, 3.63) is 47.1 Å². The molecule has 0 amide bonds. The van der Waals surface area contributed by atoms with Crippen molar-refractivity contribution in [2.24, 2.45) is 0 Å². The van der Waals surface area contributed by atoms with Gasteiger partial charge in [-0.05, 0) is 38.1 Å². The minimum absolute atomic E-state index is 0.274. The van der Waals surface area contributed by atoms with Crippen LogP contribution >= 0.6 is 11.3 Å². The molecule has 0 saturated carbocycles. The molecule has 8 heteroatoms. The number of hydrogen-bond acceptors (Lipinski definition) is 6. The van der Waals surface area contributed by atoms with Gasteiger partial charge in [-0.3, -0.25) is 0 Å². The maximum Gasteiger partial charge on any atom is 0.250 e. The molecule has 2 N–H and O–H groups in total. The number of thiophene rings is 1. The van der Waals surface area contributed by atoms with Gasteiger partial charge in [-0.2, -0.15) is 0 Å². The zero-order valence-corrected chi connectivity index (χ0v) is 15.0. The molecule has 0 fully saturated rings. The van der Waals surface area contributed by atoms with Crippen molar-refractivity contribution < 1.29 is 8.42 Å². The number of sulfonamides is 1. The second-order valence-electron chi connectivity index (χ2n) is 5.43. The highest BCUT2D eigenvalue weighted by Gasteiger charge is 2.15. The number of aryl methyl sites for hydroxylation is 2. The molecule has 6 nitrogen and oxygen atoms in total. The summed E-state index contributed by atoms with van der Waals surface area (Å²) in [4.78, 5) is 9.45. The van der Waals surface area contributed by atoms with Crippen LogP contribution in [0.3, 0.4) is 0 Å². The van der Waals surface area contributed by atoms with Crippen molar-refractivity contribution in [3.63, 3.8) is 0 Å². The quantitative estimate of drug-likeness (QED) is 0.659. The van der Waals surface area contributed by atoms with Gasteiger partial charge in [0.25, 0.3) is 0 Å². The van der Waals surface area contributed by atoms with Crippen molar-refractivity contribution in [2.75, 3.05) is 18.4 Å². The van der Waals surface area contributed by atoms with Crippen LogP contribution in [0, 0.1) is 13.8 Å². The Labute approximate surface area is 145 Å². The lowest BCUT2D eigenvalue weighted by Gasteiger charge is -2.09. The summed E-state index contributed by atoms with van der Waals surface area (Å²) in [5, 5.41) is 4.09. The Kier molecular flexibility index (Phi) is 4.79. The highest BCUT2D eigenvalue weighted by molar-refractivity contribution is 7.91. The summed E-state index contributed by atoms with van der Waals surface area (Å²) in [6.45, 7) is 4.60. The van der Waals surface area contributed by atoms with Gasteiger partial charge in [0.2, 0.25) is 10.0 Å². The Morgan fingerprint density at radius 2 is 1.92 bits per heavy atom. The Morgan fingerprint density at radius 3 is 2.67 bits per heavy atom. The second-order valence-corrected chi connectivity index (χ2v) is 8.71. The molecule has 24 heavy (non-hydrogen) atoms. The zero-order valence-electron chi connectivity index (χ0n) is 13.4. The van der Waals surface area contributed by atoms with E-state index < -0.39 is 10.0 Å². The number of aromatic nitrogens is 2. The number of benzene rings is 1. The van der Waals surface area contributed by atoms with E-state index in [0.29, 0.717) is 16.6 Å². The van der Waals surface area contributed by atoms with Gasteiger partial charge in [-0.1, -0.05) is 11.6 Å². The number of fused-ring (bicyclic) bond motifs is 1. The fourth-order valence-electron chi connectivity index (χ4n) is 2.31. The first kappa shape index (κ1) is 16.8. The van der Waals surface area contributed by atoms with Crippen LogP contribution in [0.2, 0.25) is 0 Å². The maximum absolute atomic E-state index is 12.2. The monoisotopic (exact) mass is 362 g/mol. The first-order valence-corrected chi connectivity index (χ1v) is 9.77. The molecule has 0 saturated heterocycles. The van der Waals surface area contributed by atoms with Crippen LogP contribution < -0.4 is 10.0 Å². The van der Waals surface area contributed by atoms with Crippen molar-refractivity contribution in [1.82, 2.24) is 14.7 Å². The molecule has 3 rings (SSSR count). The van der Waals surface area contributed by atoms with Gasteiger partial charge in [0, 0.05) is 23.4 Å². The first-order valence-electron chi connectivity index (χ1n) is 7.47. The van der Waals surface area contributed by atoms with Crippen LogP contribution in [0.5, 0.6) is 0 Å². The van der Waals surface area contributed by atoms with Gasteiger partial charge in [0.05, 0.1) is 5.52 Å². The lowest BCUT2D eigenvalue weighted by atomic mass is 10.1. The molecule has 0 aliphatic rings. The van der Waals surface area contributed by atoms with Crippen molar-refractivity contribution in [1.29, 1.82) is 0 Å². The molecule has 0 aliphatic heterocycles. The number of nitrogens with zero attached hydrogens (tertiary/aromatic N) is 2. The molecule has 126 valence electrons. The van der Waals surface area contributed by atoms with E-state index in [1.165, 1.54) is 17.7 Å². The standard InChI is InChI=1S/C16H18N4O2S2/c1-11-3-5-14-13(9-11)16(19-10-18-14)17-7-8-20-24(21,22)15-6-4-12(2)23-15/h3-6,9-10,20H,7-8H2,1-2H3,(H,17,18,19). The molecule has 0 bridgehead atoms. The molecule has 0 unspecified atom stereocenters. The highest BCUT2D eigenvalue weighted by Crippen LogP contribution is 2.21. The summed E-state index contributed by atoms with van der Waals surface area (Å²) in [5.74, 6) is 0.704. The van der Waals surface area contributed by atoms with Crippen LogP contribution in [0.25, 0.3) is 10.9 Å². The number of nitrogens with one attached hydrogen (secondary N) is 2. The third kappa shape index (κ3) is 3.72. The molecule has 3 aromatic rings. The molecule has 0 spiro atoms. The average molecular weight is 362 g/mol. The van der Waals surface area contributed by atoms with Crippen molar-refractivity contribution in [3.8, 4) is 0 Å². The Morgan fingerprint density at radius 1 is 1.08 bits per heavy atom. The lowest BCUT2D eigenvalue weighted by molar-refractivity contribution is 0.585. The molecular formula is C16H18N4O2S2. The van der Waals surface area contributed by atoms with E-state index >= 15 is 0 Å². The fraction of sp³-hybridized carbons (Fsp3) is 0.250. The van der Waals surface area contributed by atoms with E-state index in [1.807, 2.05) is 32.0 Å².